The summed E-state index contributed by atoms with van der Waals surface area (Å²) in [6.45, 7) is 1.31. The van der Waals surface area contributed by atoms with Gasteiger partial charge >= 0.3 is 6.18 Å². The highest BCUT2D eigenvalue weighted by molar-refractivity contribution is 5.93. The minimum Gasteiger partial charge on any atom is -0.345 e. The van der Waals surface area contributed by atoms with Crippen LogP contribution >= 0.6 is 0 Å². The highest BCUT2D eigenvalue weighted by Gasteiger charge is 2.36. The fourth-order valence-corrected chi connectivity index (χ4v) is 3.59. The number of rotatable bonds is 6. The van der Waals surface area contributed by atoms with Crippen molar-refractivity contribution in [3.8, 4) is 22.5 Å². The number of hydrogen-bond donors (Lipinski definition) is 2. The molecule has 0 saturated heterocycles. The van der Waals surface area contributed by atoms with Gasteiger partial charge in [-0.3, -0.25) is 9.63 Å². The fourth-order valence-electron chi connectivity index (χ4n) is 3.59. The van der Waals surface area contributed by atoms with Crippen LogP contribution in [-0.4, -0.2) is 15.9 Å². The van der Waals surface area contributed by atoms with E-state index in [1.54, 1.807) is 73.9 Å². The molecule has 0 spiro atoms. The molecule has 4 aromatic rings. The Kier molecular flexibility index (Phi) is 6.28. The first kappa shape index (κ1) is 22.3. The standard InChI is InChI=1S/C25H20F3N3O2/c1-16-10-11-18(23-29-12-13-30-23)14-21(16)20-9-5-8-19(22(20)25(26,27)28)15-33-31-24(32)17-6-3-2-4-7-17/h2-14H,15H2,1H3,(H,29,30)(H,31,32). The van der Waals surface area contributed by atoms with Gasteiger partial charge in [0.1, 0.15) is 12.4 Å². The highest BCUT2D eigenvalue weighted by Crippen LogP contribution is 2.41. The number of aryl methyl sites for hydroxylation is 1. The Labute approximate surface area is 188 Å². The van der Waals surface area contributed by atoms with Crippen LogP contribution < -0.4 is 5.48 Å². The van der Waals surface area contributed by atoms with Crippen LogP contribution in [0.2, 0.25) is 0 Å². The van der Waals surface area contributed by atoms with E-state index in [4.69, 9.17) is 4.84 Å². The van der Waals surface area contributed by atoms with E-state index in [0.717, 1.165) is 0 Å². The van der Waals surface area contributed by atoms with E-state index in [0.29, 0.717) is 28.1 Å². The van der Waals surface area contributed by atoms with E-state index < -0.39 is 24.3 Å². The van der Waals surface area contributed by atoms with E-state index in [1.165, 1.54) is 12.1 Å². The largest absolute Gasteiger partial charge is 0.417 e. The molecule has 1 aromatic heterocycles. The summed E-state index contributed by atoms with van der Waals surface area (Å²) < 4.78 is 42.6. The van der Waals surface area contributed by atoms with E-state index in [1.807, 2.05) is 0 Å². The molecule has 0 fully saturated rings. The van der Waals surface area contributed by atoms with Crippen LogP contribution in [0.15, 0.2) is 79.1 Å². The van der Waals surface area contributed by atoms with Gasteiger partial charge in [-0.05, 0) is 47.4 Å². The molecule has 1 heterocycles. The number of aromatic nitrogens is 2. The summed E-state index contributed by atoms with van der Waals surface area (Å²) in [5.74, 6) is 0.0234. The molecule has 0 radical (unpaired) electrons. The first-order valence-corrected chi connectivity index (χ1v) is 10.1. The van der Waals surface area contributed by atoms with Gasteiger partial charge in [-0.1, -0.05) is 48.5 Å². The van der Waals surface area contributed by atoms with Gasteiger partial charge in [0, 0.05) is 23.5 Å². The van der Waals surface area contributed by atoms with Crippen molar-refractivity contribution in [2.75, 3.05) is 0 Å². The number of nitrogens with zero attached hydrogens (tertiary/aromatic N) is 1. The molecule has 1 amide bonds. The quantitative estimate of drug-likeness (QED) is 0.357. The number of halogens is 3. The Morgan fingerprint density at radius 1 is 1.03 bits per heavy atom. The number of aromatic amines is 1. The number of alkyl halides is 3. The molecule has 4 rings (SSSR count). The number of imidazole rings is 1. The lowest BCUT2D eigenvalue weighted by molar-refractivity contribution is -0.138. The third-order valence-electron chi connectivity index (χ3n) is 5.16. The third kappa shape index (κ3) is 4.96. The SMILES string of the molecule is Cc1ccc(-c2ncc[nH]2)cc1-c1cccc(CONC(=O)c2ccccc2)c1C(F)(F)F. The molecule has 168 valence electrons. The van der Waals surface area contributed by atoms with Crippen molar-refractivity contribution in [3.63, 3.8) is 0 Å². The van der Waals surface area contributed by atoms with Gasteiger partial charge in [-0.25, -0.2) is 10.5 Å². The number of hydroxylamine groups is 1. The molecule has 5 nitrogen and oxygen atoms in total. The van der Waals surface area contributed by atoms with Crippen LogP contribution in [0.25, 0.3) is 22.5 Å². The van der Waals surface area contributed by atoms with Crippen molar-refractivity contribution < 1.29 is 22.8 Å². The van der Waals surface area contributed by atoms with Crippen molar-refractivity contribution in [3.05, 3.63) is 101 Å². The summed E-state index contributed by atoms with van der Waals surface area (Å²) in [5.41, 5.74) is 3.48. The van der Waals surface area contributed by atoms with Gasteiger partial charge in [-0.2, -0.15) is 13.2 Å². The number of amides is 1. The molecule has 0 aliphatic heterocycles. The second-order valence-electron chi connectivity index (χ2n) is 7.39. The maximum Gasteiger partial charge on any atom is 0.417 e. The fraction of sp³-hybridized carbons (Fsp3) is 0.120. The van der Waals surface area contributed by atoms with Crippen LogP contribution in [0.3, 0.4) is 0 Å². The van der Waals surface area contributed by atoms with Crippen LogP contribution in [0.4, 0.5) is 13.2 Å². The summed E-state index contributed by atoms with van der Waals surface area (Å²) in [4.78, 5) is 24.4. The number of hydrogen-bond acceptors (Lipinski definition) is 3. The van der Waals surface area contributed by atoms with Gasteiger partial charge in [0.15, 0.2) is 0 Å². The molecule has 0 atom stereocenters. The number of carbonyl (C=O) groups is 1. The zero-order valence-electron chi connectivity index (χ0n) is 17.6. The number of nitrogens with one attached hydrogen (secondary N) is 2. The number of benzene rings is 3. The summed E-state index contributed by atoms with van der Waals surface area (Å²) in [6, 6.07) is 17.8. The van der Waals surface area contributed by atoms with Crippen molar-refractivity contribution >= 4 is 5.91 Å². The first-order chi connectivity index (χ1) is 15.8. The van der Waals surface area contributed by atoms with Gasteiger partial charge in [0.25, 0.3) is 5.91 Å². The van der Waals surface area contributed by atoms with Crippen molar-refractivity contribution in [2.45, 2.75) is 19.7 Å². The van der Waals surface area contributed by atoms with Crippen molar-refractivity contribution in [2.24, 2.45) is 0 Å². The normalized spacial score (nSPS) is 11.4. The number of carbonyl (C=O) groups excluding carboxylic acids is 1. The molecule has 0 saturated carbocycles. The zero-order valence-corrected chi connectivity index (χ0v) is 17.6. The Bertz CT molecular complexity index is 1250. The first-order valence-electron chi connectivity index (χ1n) is 10.1. The van der Waals surface area contributed by atoms with Gasteiger partial charge < -0.3 is 4.98 Å². The summed E-state index contributed by atoms with van der Waals surface area (Å²) in [6.07, 6.45) is -1.40. The Morgan fingerprint density at radius 3 is 2.52 bits per heavy atom. The monoisotopic (exact) mass is 451 g/mol. The lowest BCUT2D eigenvalue weighted by atomic mass is 9.91. The molecule has 3 aromatic carbocycles. The minimum absolute atomic E-state index is 0.0314. The second kappa shape index (κ2) is 9.30. The Hall–Kier alpha value is -3.91. The van der Waals surface area contributed by atoms with E-state index >= 15 is 0 Å². The predicted octanol–water partition coefficient (Wildman–Crippen LogP) is 5.93. The molecule has 0 aliphatic rings. The summed E-state index contributed by atoms with van der Waals surface area (Å²) >= 11 is 0. The van der Waals surface area contributed by atoms with Crippen LogP contribution in [0.1, 0.15) is 27.0 Å². The maximum atomic E-state index is 14.2. The lowest BCUT2D eigenvalue weighted by Gasteiger charge is -2.19. The Balaban J connectivity index is 1.66. The van der Waals surface area contributed by atoms with E-state index in [9.17, 15) is 18.0 Å². The van der Waals surface area contributed by atoms with E-state index in [2.05, 4.69) is 15.4 Å². The average Bonchev–Trinajstić information content (AvgIpc) is 3.34. The average molecular weight is 451 g/mol. The smallest absolute Gasteiger partial charge is 0.345 e. The van der Waals surface area contributed by atoms with Crippen LogP contribution in [-0.2, 0) is 17.6 Å². The van der Waals surface area contributed by atoms with Crippen LogP contribution in [0, 0.1) is 6.92 Å². The van der Waals surface area contributed by atoms with Crippen LogP contribution in [0.5, 0.6) is 0 Å². The zero-order chi connectivity index (χ0) is 23.4. The third-order valence-corrected chi connectivity index (χ3v) is 5.16. The van der Waals surface area contributed by atoms with Gasteiger partial charge in [0.05, 0.1) is 5.56 Å². The van der Waals surface area contributed by atoms with Crippen molar-refractivity contribution in [1.82, 2.24) is 15.4 Å². The molecule has 2 N–H and O–H groups in total. The van der Waals surface area contributed by atoms with Gasteiger partial charge in [0.2, 0.25) is 0 Å². The number of H-pyrrole nitrogens is 1. The lowest BCUT2D eigenvalue weighted by Crippen LogP contribution is -2.24. The van der Waals surface area contributed by atoms with Crippen molar-refractivity contribution in [1.29, 1.82) is 0 Å². The minimum atomic E-state index is -4.63. The topological polar surface area (TPSA) is 67.0 Å². The second-order valence-corrected chi connectivity index (χ2v) is 7.39. The van der Waals surface area contributed by atoms with E-state index in [-0.39, 0.29) is 11.1 Å². The summed E-state index contributed by atoms with van der Waals surface area (Å²) in [7, 11) is 0. The maximum absolute atomic E-state index is 14.2. The molecule has 8 heteroatoms. The molecule has 33 heavy (non-hydrogen) atoms. The van der Waals surface area contributed by atoms with Gasteiger partial charge in [-0.15, -0.1) is 0 Å². The summed E-state index contributed by atoms with van der Waals surface area (Å²) in [5, 5.41) is 0. The molecule has 0 aliphatic carbocycles. The molecule has 0 bridgehead atoms. The molecular formula is C25H20F3N3O2. The molecule has 0 unspecified atom stereocenters. The molecular weight excluding hydrogens is 431 g/mol. The predicted molar refractivity (Wildman–Crippen MR) is 118 cm³/mol. The highest BCUT2D eigenvalue weighted by atomic mass is 19.4. The Morgan fingerprint density at radius 2 is 1.82 bits per heavy atom.